The fourth-order valence-corrected chi connectivity index (χ4v) is 3.90. The van der Waals surface area contributed by atoms with Gasteiger partial charge < -0.3 is 10.6 Å². The van der Waals surface area contributed by atoms with Gasteiger partial charge in [0.1, 0.15) is 0 Å². The zero-order valence-corrected chi connectivity index (χ0v) is 14.2. The summed E-state index contributed by atoms with van der Waals surface area (Å²) in [6.45, 7) is 7.66. The second-order valence-corrected chi connectivity index (χ2v) is 7.80. The Labute approximate surface area is 130 Å². The molecule has 2 N–H and O–H groups in total. The minimum absolute atomic E-state index is 0.184. The Bertz CT molecular complexity index is 336. The zero-order chi connectivity index (χ0) is 15.4. The van der Waals surface area contributed by atoms with Gasteiger partial charge in [0.15, 0.2) is 0 Å². The van der Waals surface area contributed by atoms with Crippen molar-refractivity contribution in [1.82, 2.24) is 4.90 Å². The molecule has 0 aromatic heterocycles. The van der Waals surface area contributed by atoms with E-state index >= 15 is 0 Å². The number of rotatable bonds is 5. The molecule has 0 radical (unpaired) electrons. The van der Waals surface area contributed by atoms with Crippen LogP contribution in [0.2, 0.25) is 0 Å². The van der Waals surface area contributed by atoms with E-state index < -0.39 is 0 Å². The lowest BCUT2D eigenvalue weighted by molar-refractivity contribution is -0.139. The lowest BCUT2D eigenvalue weighted by Crippen LogP contribution is -2.47. The SMILES string of the molecule is CC(C)CCN(C(=O)C1CCC(C)C(N)C1)C1CCCC1. The molecule has 2 rings (SSSR count). The van der Waals surface area contributed by atoms with Gasteiger partial charge in [0.2, 0.25) is 5.91 Å². The van der Waals surface area contributed by atoms with E-state index in [0.29, 0.717) is 23.8 Å². The van der Waals surface area contributed by atoms with E-state index in [-0.39, 0.29) is 12.0 Å². The Morgan fingerprint density at radius 3 is 2.43 bits per heavy atom. The maximum atomic E-state index is 13.0. The van der Waals surface area contributed by atoms with Gasteiger partial charge in [-0.15, -0.1) is 0 Å². The Morgan fingerprint density at radius 1 is 1.19 bits per heavy atom. The van der Waals surface area contributed by atoms with Gasteiger partial charge in [-0.2, -0.15) is 0 Å². The predicted octanol–water partition coefficient (Wildman–Crippen LogP) is 3.57. The molecule has 3 heteroatoms. The van der Waals surface area contributed by atoms with Crippen molar-refractivity contribution in [3.8, 4) is 0 Å². The number of hydrogen-bond donors (Lipinski definition) is 1. The zero-order valence-electron chi connectivity index (χ0n) is 14.2. The maximum Gasteiger partial charge on any atom is 0.225 e. The molecule has 3 unspecified atom stereocenters. The van der Waals surface area contributed by atoms with Crippen molar-refractivity contribution in [2.24, 2.45) is 23.5 Å². The summed E-state index contributed by atoms with van der Waals surface area (Å²) in [7, 11) is 0. The van der Waals surface area contributed by atoms with Gasteiger partial charge in [0.25, 0.3) is 0 Å². The minimum Gasteiger partial charge on any atom is -0.339 e. The molecule has 1 amide bonds. The summed E-state index contributed by atoms with van der Waals surface area (Å²) in [4.78, 5) is 15.3. The molecule has 0 heterocycles. The lowest BCUT2D eigenvalue weighted by Gasteiger charge is -2.37. The quantitative estimate of drug-likeness (QED) is 0.842. The number of amides is 1. The Morgan fingerprint density at radius 2 is 1.86 bits per heavy atom. The van der Waals surface area contributed by atoms with E-state index in [2.05, 4.69) is 25.7 Å². The topological polar surface area (TPSA) is 46.3 Å². The third-order valence-electron chi connectivity index (χ3n) is 5.60. The summed E-state index contributed by atoms with van der Waals surface area (Å²) in [6.07, 6.45) is 9.16. The van der Waals surface area contributed by atoms with Crippen molar-refractivity contribution < 1.29 is 4.79 Å². The van der Waals surface area contributed by atoms with Crippen molar-refractivity contribution in [3.63, 3.8) is 0 Å². The molecule has 2 aliphatic carbocycles. The van der Waals surface area contributed by atoms with Crippen LogP contribution >= 0.6 is 0 Å². The highest BCUT2D eigenvalue weighted by molar-refractivity contribution is 5.79. The van der Waals surface area contributed by atoms with E-state index in [4.69, 9.17) is 5.73 Å². The molecule has 3 nitrogen and oxygen atoms in total. The van der Waals surface area contributed by atoms with Crippen LogP contribution in [0.3, 0.4) is 0 Å². The average molecular weight is 294 g/mol. The molecule has 0 aromatic rings. The van der Waals surface area contributed by atoms with Gasteiger partial charge in [0, 0.05) is 24.5 Å². The fourth-order valence-electron chi connectivity index (χ4n) is 3.90. The number of carbonyl (C=O) groups excluding carboxylic acids is 1. The molecule has 2 saturated carbocycles. The molecule has 122 valence electrons. The van der Waals surface area contributed by atoms with Gasteiger partial charge in [-0.05, 0) is 50.4 Å². The first-order valence-electron chi connectivity index (χ1n) is 9.05. The molecule has 0 saturated heterocycles. The van der Waals surface area contributed by atoms with Crippen molar-refractivity contribution in [2.75, 3.05) is 6.54 Å². The van der Waals surface area contributed by atoms with Crippen LogP contribution in [0.4, 0.5) is 0 Å². The molecule has 2 aliphatic rings. The third kappa shape index (κ3) is 4.45. The first-order valence-corrected chi connectivity index (χ1v) is 9.05. The largest absolute Gasteiger partial charge is 0.339 e. The summed E-state index contributed by atoms with van der Waals surface area (Å²) in [5.41, 5.74) is 6.21. The van der Waals surface area contributed by atoms with Crippen molar-refractivity contribution in [1.29, 1.82) is 0 Å². The Hall–Kier alpha value is -0.570. The second kappa shape index (κ2) is 7.62. The monoisotopic (exact) mass is 294 g/mol. The highest BCUT2D eigenvalue weighted by atomic mass is 16.2. The van der Waals surface area contributed by atoms with E-state index in [1.54, 1.807) is 0 Å². The summed E-state index contributed by atoms with van der Waals surface area (Å²) >= 11 is 0. The smallest absolute Gasteiger partial charge is 0.225 e. The summed E-state index contributed by atoms with van der Waals surface area (Å²) in [6, 6.07) is 0.718. The number of nitrogens with zero attached hydrogens (tertiary/aromatic N) is 1. The van der Waals surface area contributed by atoms with E-state index in [9.17, 15) is 4.79 Å². The molecule has 0 spiro atoms. The van der Waals surface area contributed by atoms with Crippen LogP contribution in [0, 0.1) is 17.8 Å². The number of carbonyl (C=O) groups is 1. The molecule has 0 aromatic carbocycles. The van der Waals surface area contributed by atoms with Crippen LogP contribution in [-0.2, 0) is 4.79 Å². The van der Waals surface area contributed by atoms with Crippen LogP contribution in [0.1, 0.15) is 72.1 Å². The molecular formula is C18H34N2O. The van der Waals surface area contributed by atoms with Gasteiger partial charge in [-0.3, -0.25) is 4.79 Å². The molecular weight excluding hydrogens is 260 g/mol. The van der Waals surface area contributed by atoms with Crippen LogP contribution in [0.25, 0.3) is 0 Å². The Kier molecular flexibility index (Phi) is 6.09. The summed E-state index contributed by atoms with van der Waals surface area (Å²) in [5.74, 6) is 1.83. The maximum absolute atomic E-state index is 13.0. The fraction of sp³-hybridized carbons (Fsp3) is 0.944. The predicted molar refractivity (Wildman–Crippen MR) is 87.9 cm³/mol. The first-order chi connectivity index (χ1) is 9.99. The highest BCUT2D eigenvalue weighted by Crippen LogP contribution is 2.32. The molecule has 0 bridgehead atoms. The lowest BCUT2D eigenvalue weighted by atomic mass is 9.79. The number of hydrogen-bond acceptors (Lipinski definition) is 2. The van der Waals surface area contributed by atoms with Crippen molar-refractivity contribution >= 4 is 5.91 Å². The average Bonchev–Trinajstić information content (AvgIpc) is 2.95. The van der Waals surface area contributed by atoms with Crippen LogP contribution in [-0.4, -0.2) is 29.4 Å². The van der Waals surface area contributed by atoms with E-state index in [1.807, 2.05) is 0 Å². The van der Waals surface area contributed by atoms with Crippen molar-refractivity contribution in [3.05, 3.63) is 0 Å². The minimum atomic E-state index is 0.184. The van der Waals surface area contributed by atoms with Crippen LogP contribution in [0.5, 0.6) is 0 Å². The molecule has 0 aliphatic heterocycles. The first kappa shape index (κ1) is 16.8. The molecule has 21 heavy (non-hydrogen) atoms. The summed E-state index contributed by atoms with van der Waals surface area (Å²) < 4.78 is 0. The van der Waals surface area contributed by atoms with Crippen LogP contribution < -0.4 is 5.73 Å². The van der Waals surface area contributed by atoms with Crippen molar-refractivity contribution in [2.45, 2.75) is 84.2 Å². The van der Waals surface area contributed by atoms with Gasteiger partial charge >= 0.3 is 0 Å². The van der Waals surface area contributed by atoms with E-state index in [0.717, 1.165) is 32.2 Å². The standard InChI is InChI=1S/C18H34N2O/c1-13(2)10-11-20(16-6-4-5-7-16)18(21)15-9-8-14(3)17(19)12-15/h13-17H,4-12,19H2,1-3H3. The second-order valence-electron chi connectivity index (χ2n) is 7.80. The van der Waals surface area contributed by atoms with Gasteiger partial charge in [-0.1, -0.05) is 33.6 Å². The summed E-state index contributed by atoms with van der Waals surface area (Å²) in [5, 5.41) is 0. The normalized spacial score (nSPS) is 30.8. The van der Waals surface area contributed by atoms with E-state index in [1.165, 1.54) is 25.7 Å². The Balaban J connectivity index is 1.99. The van der Waals surface area contributed by atoms with Gasteiger partial charge in [-0.25, -0.2) is 0 Å². The molecule has 2 fully saturated rings. The number of nitrogens with two attached hydrogens (primary N) is 1. The third-order valence-corrected chi connectivity index (χ3v) is 5.60. The molecule has 3 atom stereocenters. The van der Waals surface area contributed by atoms with Gasteiger partial charge in [0.05, 0.1) is 0 Å². The highest BCUT2D eigenvalue weighted by Gasteiger charge is 2.35. The van der Waals surface area contributed by atoms with Crippen LogP contribution in [0.15, 0.2) is 0 Å².